The van der Waals surface area contributed by atoms with Crippen molar-refractivity contribution in [1.82, 2.24) is 4.98 Å². The Kier molecular flexibility index (Phi) is 6.86. The van der Waals surface area contributed by atoms with Crippen molar-refractivity contribution >= 4 is 17.2 Å². The Morgan fingerprint density at radius 1 is 1.09 bits per heavy atom. The van der Waals surface area contributed by atoms with Crippen LogP contribution in [-0.2, 0) is 0 Å². The molecule has 1 unspecified atom stereocenters. The van der Waals surface area contributed by atoms with E-state index in [2.05, 4.69) is 10.1 Å². The molecule has 0 N–H and O–H groups in total. The minimum absolute atomic E-state index is 0.0254. The first kappa shape index (κ1) is 24.1. The maximum Gasteiger partial charge on any atom is 0.431 e. The number of piperidine rings is 1. The van der Waals surface area contributed by atoms with Crippen molar-refractivity contribution < 1.29 is 27.0 Å². The highest BCUT2D eigenvalue weighted by Crippen LogP contribution is 2.36. The quantitative estimate of drug-likeness (QED) is 0.516. The molecule has 1 fully saturated rings. The first-order valence-corrected chi connectivity index (χ1v) is 11.4. The van der Waals surface area contributed by atoms with Gasteiger partial charge in [0, 0.05) is 44.0 Å². The number of anilines is 2. The third kappa shape index (κ3) is 5.05. The van der Waals surface area contributed by atoms with Crippen molar-refractivity contribution in [2.45, 2.75) is 51.4 Å². The number of benzene rings is 1. The van der Waals surface area contributed by atoms with Crippen LogP contribution in [0.2, 0.25) is 0 Å². The SMILES string of the molecule is CC[C@H]1C(C)C(C(F)(F)F)=NN1c1ccc(OC2CCN(c3cc(F)cc(OC)n3)CC2)cc1. The van der Waals surface area contributed by atoms with E-state index < -0.39 is 23.6 Å². The highest BCUT2D eigenvalue weighted by Gasteiger charge is 2.47. The maximum atomic E-state index is 13.8. The molecule has 2 aromatic rings. The van der Waals surface area contributed by atoms with E-state index in [0.29, 0.717) is 36.8 Å². The number of ether oxygens (including phenoxy) is 2. The fraction of sp³-hybridized carbons (Fsp3) is 0.500. The van der Waals surface area contributed by atoms with Gasteiger partial charge < -0.3 is 14.4 Å². The molecule has 10 heteroatoms. The normalized spacial score (nSPS) is 21.6. The minimum atomic E-state index is -4.44. The third-order valence-electron chi connectivity index (χ3n) is 6.38. The second-order valence-electron chi connectivity index (χ2n) is 8.58. The smallest absolute Gasteiger partial charge is 0.431 e. The molecule has 0 radical (unpaired) electrons. The number of hydrogen-bond donors (Lipinski definition) is 0. The molecule has 0 aliphatic carbocycles. The maximum absolute atomic E-state index is 13.8. The van der Waals surface area contributed by atoms with E-state index in [1.807, 2.05) is 11.8 Å². The summed E-state index contributed by atoms with van der Waals surface area (Å²) in [5, 5.41) is 5.37. The Balaban J connectivity index is 1.38. The molecule has 3 heterocycles. The number of pyridine rings is 1. The summed E-state index contributed by atoms with van der Waals surface area (Å²) in [4.78, 5) is 6.30. The molecule has 0 amide bonds. The van der Waals surface area contributed by atoms with Gasteiger partial charge in [-0.1, -0.05) is 13.8 Å². The monoisotopic (exact) mass is 480 g/mol. The lowest BCUT2D eigenvalue weighted by atomic mass is 9.95. The standard InChI is InChI=1S/C24H28F4N4O2/c1-4-20-15(2)23(24(26,27)28)30-32(20)17-5-7-18(8-6-17)34-19-9-11-31(12-10-19)21-13-16(25)14-22(29-21)33-3/h5-8,13-15,19-20H,4,9-12H2,1-3H3/t15?,20-/m0/s1. The average molecular weight is 481 g/mol. The predicted octanol–water partition coefficient (Wildman–Crippen LogP) is 5.43. The van der Waals surface area contributed by atoms with Crippen molar-refractivity contribution in [3.8, 4) is 11.6 Å². The zero-order valence-corrected chi connectivity index (χ0v) is 19.3. The fourth-order valence-electron chi connectivity index (χ4n) is 4.57. The van der Waals surface area contributed by atoms with Crippen LogP contribution in [-0.4, -0.2) is 49.2 Å². The lowest BCUT2D eigenvalue weighted by Crippen LogP contribution is -2.38. The topological polar surface area (TPSA) is 50.2 Å². The van der Waals surface area contributed by atoms with Gasteiger partial charge in [0.1, 0.15) is 29.2 Å². The number of methoxy groups -OCH3 is 1. The lowest BCUT2D eigenvalue weighted by Gasteiger charge is -2.33. The molecular formula is C24H28F4N4O2. The lowest BCUT2D eigenvalue weighted by molar-refractivity contribution is -0.0620. The third-order valence-corrected chi connectivity index (χ3v) is 6.38. The zero-order valence-electron chi connectivity index (χ0n) is 19.3. The first-order valence-electron chi connectivity index (χ1n) is 11.4. The Labute approximate surface area is 196 Å². The molecule has 1 aromatic carbocycles. The van der Waals surface area contributed by atoms with Gasteiger partial charge in [0.15, 0.2) is 0 Å². The summed E-state index contributed by atoms with van der Waals surface area (Å²) in [6.07, 6.45) is -2.46. The van der Waals surface area contributed by atoms with Crippen LogP contribution in [0.3, 0.4) is 0 Å². The number of alkyl halides is 3. The van der Waals surface area contributed by atoms with Gasteiger partial charge in [0.05, 0.1) is 18.8 Å². The highest BCUT2D eigenvalue weighted by molar-refractivity contribution is 5.95. The molecule has 2 atom stereocenters. The van der Waals surface area contributed by atoms with Crippen LogP contribution >= 0.6 is 0 Å². The van der Waals surface area contributed by atoms with E-state index >= 15 is 0 Å². The van der Waals surface area contributed by atoms with Crippen LogP contribution in [0, 0.1) is 11.7 Å². The number of nitrogens with zero attached hydrogens (tertiary/aromatic N) is 4. The zero-order chi connectivity index (χ0) is 24.5. The second kappa shape index (κ2) is 9.68. The summed E-state index contributed by atoms with van der Waals surface area (Å²) in [6, 6.07) is 9.29. The van der Waals surface area contributed by atoms with Gasteiger partial charge in [-0.2, -0.15) is 23.3 Å². The molecule has 0 bridgehead atoms. The highest BCUT2D eigenvalue weighted by atomic mass is 19.4. The molecule has 0 saturated carbocycles. The summed E-state index contributed by atoms with van der Waals surface area (Å²) in [6.45, 7) is 4.74. The van der Waals surface area contributed by atoms with Gasteiger partial charge >= 0.3 is 6.18 Å². The minimum Gasteiger partial charge on any atom is -0.490 e. The van der Waals surface area contributed by atoms with Crippen LogP contribution < -0.4 is 19.4 Å². The van der Waals surface area contributed by atoms with Crippen LogP contribution in [0.5, 0.6) is 11.6 Å². The van der Waals surface area contributed by atoms with E-state index in [0.717, 1.165) is 12.8 Å². The van der Waals surface area contributed by atoms with Crippen molar-refractivity contribution in [2.75, 3.05) is 30.1 Å². The Morgan fingerprint density at radius 2 is 1.76 bits per heavy atom. The molecule has 1 saturated heterocycles. The molecule has 6 nitrogen and oxygen atoms in total. The fourth-order valence-corrected chi connectivity index (χ4v) is 4.57. The van der Waals surface area contributed by atoms with Gasteiger partial charge in [0.2, 0.25) is 5.88 Å². The largest absolute Gasteiger partial charge is 0.490 e. The van der Waals surface area contributed by atoms with Crippen LogP contribution in [0.25, 0.3) is 0 Å². The van der Waals surface area contributed by atoms with E-state index in [1.54, 1.807) is 31.2 Å². The van der Waals surface area contributed by atoms with Crippen molar-refractivity contribution in [1.29, 1.82) is 0 Å². The Bertz CT molecular complexity index is 1020. The van der Waals surface area contributed by atoms with Gasteiger partial charge in [0.25, 0.3) is 0 Å². The molecular weight excluding hydrogens is 452 g/mol. The number of hydrogen-bond acceptors (Lipinski definition) is 6. The second-order valence-corrected chi connectivity index (χ2v) is 8.58. The molecule has 2 aliphatic rings. The Morgan fingerprint density at radius 3 is 2.35 bits per heavy atom. The van der Waals surface area contributed by atoms with E-state index in [4.69, 9.17) is 9.47 Å². The Hall–Kier alpha value is -3.04. The summed E-state index contributed by atoms with van der Waals surface area (Å²) in [7, 11) is 1.45. The molecule has 34 heavy (non-hydrogen) atoms. The summed E-state index contributed by atoms with van der Waals surface area (Å²) < 4.78 is 64.9. The molecule has 184 valence electrons. The number of aromatic nitrogens is 1. The average Bonchev–Trinajstić information content (AvgIpc) is 3.16. The van der Waals surface area contributed by atoms with Crippen molar-refractivity contribution in [3.05, 3.63) is 42.2 Å². The number of halogens is 4. The van der Waals surface area contributed by atoms with Crippen molar-refractivity contribution in [3.63, 3.8) is 0 Å². The number of hydrazone groups is 1. The van der Waals surface area contributed by atoms with E-state index in [1.165, 1.54) is 24.3 Å². The molecule has 2 aliphatic heterocycles. The van der Waals surface area contributed by atoms with Gasteiger partial charge in [-0.15, -0.1) is 0 Å². The first-order chi connectivity index (χ1) is 16.2. The van der Waals surface area contributed by atoms with Crippen LogP contribution in [0.1, 0.15) is 33.1 Å². The van der Waals surface area contributed by atoms with Crippen LogP contribution in [0.4, 0.5) is 29.1 Å². The van der Waals surface area contributed by atoms with E-state index in [9.17, 15) is 17.6 Å². The van der Waals surface area contributed by atoms with Gasteiger partial charge in [-0.05, 0) is 30.7 Å². The van der Waals surface area contributed by atoms with Gasteiger partial charge in [-0.3, -0.25) is 5.01 Å². The molecule has 0 spiro atoms. The molecule has 4 rings (SSSR count). The predicted molar refractivity (Wildman–Crippen MR) is 122 cm³/mol. The van der Waals surface area contributed by atoms with E-state index in [-0.39, 0.29) is 18.0 Å². The van der Waals surface area contributed by atoms with Gasteiger partial charge in [-0.25, -0.2) is 4.39 Å². The summed E-state index contributed by atoms with van der Waals surface area (Å²) in [5.41, 5.74) is -0.136. The summed E-state index contributed by atoms with van der Waals surface area (Å²) >= 11 is 0. The summed E-state index contributed by atoms with van der Waals surface area (Å²) in [5.74, 6) is 0.318. The number of rotatable bonds is 6. The van der Waals surface area contributed by atoms with Crippen molar-refractivity contribution in [2.24, 2.45) is 11.0 Å². The van der Waals surface area contributed by atoms with Crippen LogP contribution in [0.15, 0.2) is 41.5 Å². The molecule has 1 aromatic heterocycles.